The number of carbonyl (C=O) groups is 2. The Balaban J connectivity index is 1.72. The van der Waals surface area contributed by atoms with Crippen molar-refractivity contribution in [3.05, 3.63) is 24.3 Å². The fraction of sp³-hybridized carbons (Fsp3) is 0.818. The summed E-state index contributed by atoms with van der Waals surface area (Å²) in [5.74, 6) is 2.54. The van der Waals surface area contributed by atoms with E-state index in [9.17, 15) is 14.7 Å². The van der Waals surface area contributed by atoms with Gasteiger partial charge in [0.25, 0.3) is 0 Å². The predicted molar refractivity (Wildman–Crippen MR) is 155 cm³/mol. The van der Waals surface area contributed by atoms with Crippen LogP contribution >= 0.6 is 0 Å². The SMILES string of the molecule is C=C(C)C(=O)OCC(CCCC1CCC(C2CCC(CCCCC)CC2)CC1)COC(=O)C(=C)C(C)(C)O. The zero-order valence-corrected chi connectivity index (χ0v) is 24.9. The molecule has 2 fully saturated rings. The summed E-state index contributed by atoms with van der Waals surface area (Å²) in [6.07, 6.45) is 19.9. The number of carbonyl (C=O) groups excluding carboxylic acids is 2. The monoisotopic (exact) mass is 532 g/mol. The molecule has 1 atom stereocenters. The Morgan fingerprint density at radius 1 is 0.816 bits per heavy atom. The Bertz CT molecular complexity index is 748. The Hall–Kier alpha value is -1.62. The van der Waals surface area contributed by atoms with E-state index in [4.69, 9.17) is 9.47 Å². The van der Waals surface area contributed by atoms with E-state index in [0.717, 1.165) is 36.5 Å². The van der Waals surface area contributed by atoms with Crippen molar-refractivity contribution >= 4 is 11.9 Å². The van der Waals surface area contributed by atoms with Crippen LogP contribution in [0.5, 0.6) is 0 Å². The van der Waals surface area contributed by atoms with Gasteiger partial charge in [0.05, 0.1) is 24.4 Å². The molecular formula is C33H56O5. The summed E-state index contributed by atoms with van der Waals surface area (Å²) in [5.41, 5.74) is -0.943. The normalized spacial score (nSPS) is 24.9. The van der Waals surface area contributed by atoms with Crippen LogP contribution in [0.15, 0.2) is 24.3 Å². The van der Waals surface area contributed by atoms with Gasteiger partial charge in [-0.3, -0.25) is 0 Å². The van der Waals surface area contributed by atoms with Crippen LogP contribution in [0.25, 0.3) is 0 Å². The molecule has 2 rings (SSSR count). The Morgan fingerprint density at radius 2 is 1.29 bits per heavy atom. The minimum absolute atomic E-state index is 0.0249. The van der Waals surface area contributed by atoms with Crippen LogP contribution in [0.2, 0.25) is 0 Å². The summed E-state index contributed by atoms with van der Waals surface area (Å²) in [5, 5.41) is 10.0. The first kappa shape index (κ1) is 32.6. The van der Waals surface area contributed by atoms with Gasteiger partial charge in [0.15, 0.2) is 0 Å². The predicted octanol–water partition coefficient (Wildman–Crippen LogP) is 7.96. The maximum Gasteiger partial charge on any atom is 0.336 e. The van der Waals surface area contributed by atoms with Gasteiger partial charge in [-0.15, -0.1) is 0 Å². The molecule has 0 radical (unpaired) electrons. The van der Waals surface area contributed by atoms with Crippen LogP contribution in [-0.2, 0) is 19.1 Å². The van der Waals surface area contributed by atoms with Crippen LogP contribution in [0, 0.1) is 29.6 Å². The summed E-state index contributed by atoms with van der Waals surface area (Å²) in [6.45, 7) is 14.6. The van der Waals surface area contributed by atoms with E-state index >= 15 is 0 Å². The van der Waals surface area contributed by atoms with Crippen molar-refractivity contribution < 1.29 is 24.2 Å². The molecule has 0 heterocycles. The molecule has 2 aliphatic rings. The van der Waals surface area contributed by atoms with Gasteiger partial charge in [-0.25, -0.2) is 9.59 Å². The van der Waals surface area contributed by atoms with Gasteiger partial charge < -0.3 is 14.6 Å². The largest absolute Gasteiger partial charge is 0.462 e. The van der Waals surface area contributed by atoms with Crippen LogP contribution in [0.3, 0.4) is 0 Å². The fourth-order valence-electron chi connectivity index (χ4n) is 6.34. The van der Waals surface area contributed by atoms with Crippen molar-refractivity contribution in [2.45, 2.75) is 130 Å². The fourth-order valence-corrected chi connectivity index (χ4v) is 6.34. The highest BCUT2D eigenvalue weighted by atomic mass is 16.5. The average Bonchev–Trinajstić information content (AvgIpc) is 2.89. The van der Waals surface area contributed by atoms with Crippen molar-refractivity contribution in [3.8, 4) is 0 Å². The van der Waals surface area contributed by atoms with Gasteiger partial charge in [0.1, 0.15) is 0 Å². The Morgan fingerprint density at radius 3 is 1.74 bits per heavy atom. The number of rotatable bonds is 16. The summed E-state index contributed by atoms with van der Waals surface area (Å²) in [6, 6.07) is 0. The number of ether oxygens (including phenoxy) is 2. The van der Waals surface area contributed by atoms with Gasteiger partial charge in [-0.1, -0.05) is 84.3 Å². The molecule has 0 aliphatic heterocycles. The smallest absolute Gasteiger partial charge is 0.336 e. The second kappa shape index (κ2) is 16.5. The average molecular weight is 533 g/mol. The molecule has 38 heavy (non-hydrogen) atoms. The van der Waals surface area contributed by atoms with Crippen LogP contribution in [0.1, 0.15) is 124 Å². The van der Waals surface area contributed by atoms with Gasteiger partial charge in [-0.05, 0) is 76.5 Å². The molecule has 0 aromatic heterocycles. The number of hydrogen-bond donors (Lipinski definition) is 1. The van der Waals surface area contributed by atoms with Crippen molar-refractivity contribution in [3.63, 3.8) is 0 Å². The van der Waals surface area contributed by atoms with E-state index in [1.807, 2.05) is 0 Å². The molecule has 0 saturated heterocycles. The lowest BCUT2D eigenvalue weighted by Crippen LogP contribution is -2.30. The van der Waals surface area contributed by atoms with Crippen LogP contribution in [0.4, 0.5) is 0 Å². The molecule has 0 spiro atoms. The third-order valence-electron chi connectivity index (χ3n) is 9.12. The molecule has 1 N–H and O–H groups in total. The van der Waals surface area contributed by atoms with E-state index < -0.39 is 17.5 Å². The van der Waals surface area contributed by atoms with E-state index in [1.165, 1.54) is 97.3 Å². The highest BCUT2D eigenvalue weighted by Gasteiger charge is 2.31. The van der Waals surface area contributed by atoms with E-state index in [2.05, 4.69) is 20.1 Å². The molecule has 5 nitrogen and oxygen atoms in total. The van der Waals surface area contributed by atoms with Gasteiger partial charge in [0.2, 0.25) is 0 Å². The molecule has 1 unspecified atom stereocenters. The minimum Gasteiger partial charge on any atom is -0.462 e. The van der Waals surface area contributed by atoms with Crippen molar-refractivity contribution in [2.24, 2.45) is 29.6 Å². The molecule has 0 bridgehead atoms. The minimum atomic E-state index is -1.33. The lowest BCUT2D eigenvalue weighted by Gasteiger charge is -2.38. The number of hydrogen-bond acceptors (Lipinski definition) is 5. The zero-order valence-electron chi connectivity index (χ0n) is 24.9. The zero-order chi connectivity index (χ0) is 28.1. The molecule has 0 aromatic carbocycles. The molecular weight excluding hydrogens is 476 g/mol. The molecule has 2 aliphatic carbocycles. The first-order valence-corrected chi connectivity index (χ1v) is 15.4. The van der Waals surface area contributed by atoms with Gasteiger partial charge in [0, 0.05) is 11.5 Å². The topological polar surface area (TPSA) is 72.8 Å². The molecule has 5 heteroatoms. The standard InChI is InChI=1S/C33H56O5/c1-7-8-9-11-26-14-18-29(19-15-26)30-20-16-27(17-21-30)12-10-13-28(22-37-31(34)24(2)3)23-38-32(35)25(4)33(5,6)36/h26-30,36H,2,4,7-23H2,1,3,5-6H3. The number of aliphatic hydroxyl groups is 1. The van der Waals surface area contributed by atoms with E-state index in [0.29, 0.717) is 5.57 Å². The first-order valence-electron chi connectivity index (χ1n) is 15.4. The van der Waals surface area contributed by atoms with Crippen LogP contribution < -0.4 is 0 Å². The Labute approximate surface area is 232 Å². The molecule has 0 aromatic rings. The molecule has 2 saturated carbocycles. The summed E-state index contributed by atoms with van der Waals surface area (Å²) in [7, 11) is 0. The first-order chi connectivity index (χ1) is 18.0. The second-order valence-corrected chi connectivity index (χ2v) is 12.9. The third-order valence-corrected chi connectivity index (χ3v) is 9.12. The molecule has 0 amide bonds. The number of unbranched alkanes of at least 4 members (excludes halogenated alkanes) is 2. The lowest BCUT2D eigenvalue weighted by molar-refractivity contribution is -0.145. The van der Waals surface area contributed by atoms with Crippen molar-refractivity contribution in [1.29, 1.82) is 0 Å². The lowest BCUT2D eigenvalue weighted by atomic mass is 9.68. The van der Waals surface area contributed by atoms with Crippen molar-refractivity contribution in [1.82, 2.24) is 0 Å². The maximum atomic E-state index is 12.3. The quantitative estimate of drug-likeness (QED) is 0.124. The van der Waals surface area contributed by atoms with Gasteiger partial charge in [-0.2, -0.15) is 0 Å². The van der Waals surface area contributed by atoms with Gasteiger partial charge >= 0.3 is 11.9 Å². The highest BCUT2D eigenvalue weighted by molar-refractivity contribution is 5.89. The summed E-state index contributed by atoms with van der Waals surface area (Å²) in [4.78, 5) is 24.2. The summed E-state index contributed by atoms with van der Waals surface area (Å²) >= 11 is 0. The molecule has 218 valence electrons. The second-order valence-electron chi connectivity index (χ2n) is 12.9. The van der Waals surface area contributed by atoms with Crippen LogP contribution in [-0.4, -0.2) is 35.9 Å². The Kier molecular flexibility index (Phi) is 14.1. The van der Waals surface area contributed by atoms with Crippen molar-refractivity contribution in [2.75, 3.05) is 13.2 Å². The van der Waals surface area contributed by atoms with E-state index in [1.54, 1.807) is 6.92 Å². The highest BCUT2D eigenvalue weighted by Crippen LogP contribution is 2.43. The van der Waals surface area contributed by atoms with E-state index in [-0.39, 0.29) is 24.7 Å². The third kappa shape index (κ3) is 11.6. The maximum absolute atomic E-state index is 12.3. The number of esters is 2. The summed E-state index contributed by atoms with van der Waals surface area (Å²) < 4.78 is 10.8.